The number of nitrogens with zero attached hydrogens (tertiary/aromatic N) is 1. The van der Waals surface area contributed by atoms with E-state index in [1.165, 1.54) is 18.7 Å². The standard InChI is InChI=1S/C12H16N2.2ClH/c13-12-10-7-14(8-11(10)12)6-9-4-2-1-3-5-9;;/h1-5,10-12H,6-8,13H2;2*1H/t10-,11+,12?;;. The first kappa shape index (κ1) is 13.8. The molecule has 1 unspecified atom stereocenters. The molecule has 0 radical (unpaired) electrons. The summed E-state index contributed by atoms with van der Waals surface area (Å²) in [5.41, 5.74) is 7.32. The third-order valence-electron chi connectivity index (χ3n) is 3.58. The molecule has 3 rings (SSSR count). The van der Waals surface area contributed by atoms with E-state index in [1.54, 1.807) is 0 Å². The molecule has 0 bridgehead atoms. The van der Waals surface area contributed by atoms with Gasteiger partial charge >= 0.3 is 0 Å². The molecule has 2 N–H and O–H groups in total. The molecular formula is C12H18Cl2N2. The van der Waals surface area contributed by atoms with Crippen molar-refractivity contribution in [2.24, 2.45) is 17.6 Å². The monoisotopic (exact) mass is 260 g/mol. The van der Waals surface area contributed by atoms with Gasteiger partial charge in [-0.25, -0.2) is 0 Å². The summed E-state index contributed by atoms with van der Waals surface area (Å²) in [5, 5.41) is 0. The molecule has 1 heterocycles. The molecule has 1 saturated carbocycles. The Kier molecular flexibility index (Phi) is 4.62. The summed E-state index contributed by atoms with van der Waals surface area (Å²) in [6, 6.07) is 11.2. The minimum atomic E-state index is 0. The Bertz CT molecular complexity index is 319. The van der Waals surface area contributed by atoms with E-state index in [4.69, 9.17) is 5.73 Å². The van der Waals surface area contributed by atoms with Crippen LogP contribution in [0.25, 0.3) is 0 Å². The van der Waals surface area contributed by atoms with Gasteiger partial charge in [-0.3, -0.25) is 4.90 Å². The average molecular weight is 261 g/mol. The number of likely N-dealkylation sites (tertiary alicyclic amines) is 1. The maximum absolute atomic E-state index is 5.90. The second-order valence-electron chi connectivity index (χ2n) is 4.58. The Hall–Kier alpha value is -0.280. The molecule has 1 aromatic rings. The van der Waals surface area contributed by atoms with E-state index in [0.29, 0.717) is 6.04 Å². The van der Waals surface area contributed by atoms with Gasteiger partial charge in [0.1, 0.15) is 0 Å². The number of hydrogen-bond donors (Lipinski definition) is 1. The third-order valence-corrected chi connectivity index (χ3v) is 3.58. The van der Waals surface area contributed by atoms with Crippen molar-refractivity contribution in [1.82, 2.24) is 4.90 Å². The molecule has 1 aliphatic heterocycles. The van der Waals surface area contributed by atoms with Crippen LogP contribution in [0.4, 0.5) is 0 Å². The lowest BCUT2D eigenvalue weighted by Crippen LogP contribution is -2.27. The maximum atomic E-state index is 5.90. The van der Waals surface area contributed by atoms with E-state index < -0.39 is 0 Å². The van der Waals surface area contributed by atoms with Gasteiger partial charge in [0.05, 0.1) is 0 Å². The molecule has 16 heavy (non-hydrogen) atoms. The lowest BCUT2D eigenvalue weighted by molar-refractivity contribution is 0.290. The fraction of sp³-hybridized carbons (Fsp3) is 0.500. The van der Waals surface area contributed by atoms with Crippen LogP contribution < -0.4 is 5.73 Å². The van der Waals surface area contributed by atoms with Gasteiger partial charge in [-0.1, -0.05) is 30.3 Å². The Morgan fingerprint density at radius 3 is 2.19 bits per heavy atom. The van der Waals surface area contributed by atoms with Gasteiger partial charge in [0.25, 0.3) is 0 Å². The number of nitrogens with two attached hydrogens (primary N) is 1. The number of rotatable bonds is 2. The predicted octanol–water partition coefficient (Wildman–Crippen LogP) is 1.92. The number of piperidine rings is 1. The van der Waals surface area contributed by atoms with Crippen molar-refractivity contribution in [2.75, 3.05) is 13.1 Å². The molecular weight excluding hydrogens is 243 g/mol. The van der Waals surface area contributed by atoms with Crippen LogP contribution in [-0.2, 0) is 6.54 Å². The summed E-state index contributed by atoms with van der Waals surface area (Å²) in [7, 11) is 0. The zero-order valence-corrected chi connectivity index (χ0v) is 10.7. The minimum absolute atomic E-state index is 0. The van der Waals surface area contributed by atoms with Crippen molar-refractivity contribution in [3.05, 3.63) is 35.9 Å². The van der Waals surface area contributed by atoms with Gasteiger partial charge in [0.15, 0.2) is 0 Å². The average Bonchev–Trinajstić information content (AvgIpc) is 2.65. The van der Waals surface area contributed by atoms with Crippen LogP contribution in [0.1, 0.15) is 5.56 Å². The van der Waals surface area contributed by atoms with Crippen molar-refractivity contribution in [3.8, 4) is 0 Å². The molecule has 2 nitrogen and oxygen atoms in total. The molecule has 90 valence electrons. The van der Waals surface area contributed by atoms with E-state index in [9.17, 15) is 0 Å². The Morgan fingerprint density at radius 2 is 1.62 bits per heavy atom. The van der Waals surface area contributed by atoms with Crippen LogP contribution >= 0.6 is 24.8 Å². The number of benzene rings is 1. The highest BCUT2D eigenvalue weighted by atomic mass is 35.5. The summed E-state index contributed by atoms with van der Waals surface area (Å²) in [6.07, 6.45) is 0. The van der Waals surface area contributed by atoms with Crippen molar-refractivity contribution < 1.29 is 0 Å². The van der Waals surface area contributed by atoms with Gasteiger partial charge in [-0.05, 0) is 17.4 Å². The summed E-state index contributed by atoms with van der Waals surface area (Å²) in [4.78, 5) is 2.52. The molecule has 3 atom stereocenters. The highest BCUT2D eigenvalue weighted by Gasteiger charge is 2.53. The quantitative estimate of drug-likeness (QED) is 0.881. The van der Waals surface area contributed by atoms with Crippen LogP contribution in [0.3, 0.4) is 0 Å². The summed E-state index contributed by atoms with van der Waals surface area (Å²) in [6.45, 7) is 3.52. The Morgan fingerprint density at radius 1 is 1.06 bits per heavy atom. The molecule has 2 aliphatic rings. The fourth-order valence-corrected chi connectivity index (χ4v) is 2.63. The summed E-state index contributed by atoms with van der Waals surface area (Å²) < 4.78 is 0. The summed E-state index contributed by atoms with van der Waals surface area (Å²) >= 11 is 0. The van der Waals surface area contributed by atoms with Crippen LogP contribution in [0.2, 0.25) is 0 Å². The van der Waals surface area contributed by atoms with Crippen LogP contribution in [0.5, 0.6) is 0 Å². The highest BCUT2D eigenvalue weighted by Crippen LogP contribution is 2.44. The molecule has 2 fully saturated rings. The zero-order valence-electron chi connectivity index (χ0n) is 9.08. The van der Waals surface area contributed by atoms with Crippen molar-refractivity contribution in [2.45, 2.75) is 12.6 Å². The molecule has 0 spiro atoms. The normalized spacial score (nSPS) is 31.2. The largest absolute Gasteiger partial charge is 0.327 e. The molecule has 1 aromatic carbocycles. The number of halogens is 2. The Labute approximate surface area is 109 Å². The predicted molar refractivity (Wildman–Crippen MR) is 71.2 cm³/mol. The van der Waals surface area contributed by atoms with Gasteiger partial charge < -0.3 is 5.73 Å². The molecule has 0 amide bonds. The molecule has 1 saturated heterocycles. The van der Waals surface area contributed by atoms with Crippen LogP contribution in [-0.4, -0.2) is 24.0 Å². The first-order valence-electron chi connectivity index (χ1n) is 5.36. The van der Waals surface area contributed by atoms with Crippen molar-refractivity contribution in [1.29, 1.82) is 0 Å². The molecule has 0 aromatic heterocycles. The highest BCUT2D eigenvalue weighted by molar-refractivity contribution is 5.85. The van der Waals surface area contributed by atoms with E-state index in [1.807, 2.05) is 0 Å². The van der Waals surface area contributed by atoms with E-state index in [-0.39, 0.29) is 24.8 Å². The number of fused-ring (bicyclic) bond motifs is 1. The van der Waals surface area contributed by atoms with Crippen molar-refractivity contribution in [3.63, 3.8) is 0 Å². The SMILES string of the molecule is Cl.Cl.NC1[C@H]2CN(Cc3ccccc3)C[C@@H]12. The Balaban J connectivity index is 0.000000640. The lowest BCUT2D eigenvalue weighted by atomic mass is 10.2. The first-order valence-corrected chi connectivity index (χ1v) is 5.36. The van der Waals surface area contributed by atoms with E-state index in [0.717, 1.165) is 18.4 Å². The lowest BCUT2D eigenvalue weighted by Gasteiger charge is -2.18. The third kappa shape index (κ3) is 2.51. The molecule has 1 aliphatic carbocycles. The van der Waals surface area contributed by atoms with Gasteiger partial charge in [-0.2, -0.15) is 0 Å². The van der Waals surface area contributed by atoms with Gasteiger partial charge in [0, 0.05) is 25.7 Å². The van der Waals surface area contributed by atoms with Crippen LogP contribution in [0.15, 0.2) is 30.3 Å². The van der Waals surface area contributed by atoms with Gasteiger partial charge in [-0.15, -0.1) is 24.8 Å². The second kappa shape index (κ2) is 5.37. The topological polar surface area (TPSA) is 29.3 Å². The number of hydrogen-bond acceptors (Lipinski definition) is 2. The smallest absolute Gasteiger partial charge is 0.0233 e. The second-order valence-corrected chi connectivity index (χ2v) is 4.58. The zero-order chi connectivity index (χ0) is 9.54. The summed E-state index contributed by atoms with van der Waals surface area (Å²) in [5.74, 6) is 1.61. The van der Waals surface area contributed by atoms with Crippen LogP contribution in [0, 0.1) is 11.8 Å². The minimum Gasteiger partial charge on any atom is -0.327 e. The molecule has 4 heteroatoms. The van der Waals surface area contributed by atoms with Crippen molar-refractivity contribution >= 4 is 24.8 Å². The first-order chi connectivity index (χ1) is 6.84. The van der Waals surface area contributed by atoms with E-state index >= 15 is 0 Å². The fourth-order valence-electron chi connectivity index (χ4n) is 2.63. The van der Waals surface area contributed by atoms with Gasteiger partial charge in [0.2, 0.25) is 0 Å². The maximum Gasteiger partial charge on any atom is 0.0233 e. The van der Waals surface area contributed by atoms with E-state index in [2.05, 4.69) is 35.2 Å².